The second-order valence-electron chi connectivity index (χ2n) is 5.61. The highest BCUT2D eigenvalue weighted by atomic mass is 16.4. The molecule has 0 bridgehead atoms. The van der Waals surface area contributed by atoms with Gasteiger partial charge in [0.1, 0.15) is 0 Å². The number of nitrogens with one attached hydrogen (secondary N) is 1. The molecule has 0 unspecified atom stereocenters. The number of fused-ring (bicyclic) bond motifs is 1. The van der Waals surface area contributed by atoms with Crippen molar-refractivity contribution in [2.24, 2.45) is 0 Å². The number of anilines is 2. The van der Waals surface area contributed by atoms with E-state index in [1.807, 2.05) is 24.3 Å². The molecule has 114 valence electrons. The van der Waals surface area contributed by atoms with Crippen LogP contribution in [-0.4, -0.2) is 24.2 Å². The molecular formula is C18H20N2O2. The minimum absolute atomic E-state index is 0.0631. The van der Waals surface area contributed by atoms with Gasteiger partial charge in [0.2, 0.25) is 0 Å². The van der Waals surface area contributed by atoms with Crippen LogP contribution in [0.25, 0.3) is 0 Å². The fraction of sp³-hybridized carbons (Fsp3) is 0.278. The Morgan fingerprint density at radius 1 is 1.14 bits per heavy atom. The maximum Gasteiger partial charge on any atom is 0.307 e. The molecule has 0 radical (unpaired) electrons. The van der Waals surface area contributed by atoms with Crippen LogP contribution in [0.4, 0.5) is 11.4 Å². The number of carbonyl (C=O) groups is 1. The lowest BCUT2D eigenvalue weighted by Crippen LogP contribution is -2.23. The Bertz CT molecular complexity index is 655. The van der Waals surface area contributed by atoms with E-state index in [9.17, 15) is 4.79 Å². The van der Waals surface area contributed by atoms with E-state index in [2.05, 4.69) is 34.5 Å². The van der Waals surface area contributed by atoms with Crippen LogP contribution in [0.1, 0.15) is 17.5 Å². The van der Waals surface area contributed by atoms with Gasteiger partial charge in [-0.15, -0.1) is 0 Å². The normalized spacial score (nSPS) is 13.9. The van der Waals surface area contributed by atoms with E-state index >= 15 is 0 Å². The van der Waals surface area contributed by atoms with Crippen LogP contribution >= 0.6 is 0 Å². The minimum Gasteiger partial charge on any atom is -0.481 e. The molecule has 1 aliphatic heterocycles. The number of hydrogen-bond acceptors (Lipinski definition) is 3. The minimum atomic E-state index is -0.797. The number of hydrogen-bond donors (Lipinski definition) is 2. The number of carboxylic acids is 1. The highest BCUT2D eigenvalue weighted by Gasteiger charge is 2.16. The molecule has 4 nitrogen and oxygen atoms in total. The molecule has 2 aromatic carbocycles. The molecule has 3 rings (SSSR count). The lowest BCUT2D eigenvalue weighted by atomic mass is 10.1. The molecule has 22 heavy (non-hydrogen) atoms. The smallest absolute Gasteiger partial charge is 0.307 e. The van der Waals surface area contributed by atoms with Crippen LogP contribution in [-0.2, 0) is 17.8 Å². The van der Waals surface area contributed by atoms with Crippen LogP contribution in [0.3, 0.4) is 0 Å². The molecule has 0 amide bonds. The van der Waals surface area contributed by atoms with Crippen molar-refractivity contribution >= 4 is 17.3 Å². The van der Waals surface area contributed by atoms with E-state index in [1.54, 1.807) is 0 Å². The predicted octanol–water partition coefficient (Wildman–Crippen LogP) is 3.14. The summed E-state index contributed by atoms with van der Waals surface area (Å²) < 4.78 is 0. The van der Waals surface area contributed by atoms with E-state index in [1.165, 1.54) is 5.56 Å². The van der Waals surface area contributed by atoms with Crippen LogP contribution in [0.2, 0.25) is 0 Å². The number of carboxylic acid groups (broad SMARTS) is 1. The lowest BCUT2D eigenvalue weighted by Gasteiger charge is -2.25. The molecule has 1 aliphatic rings. The van der Waals surface area contributed by atoms with Gasteiger partial charge in [0.25, 0.3) is 0 Å². The molecule has 0 saturated heterocycles. The van der Waals surface area contributed by atoms with Gasteiger partial charge in [0.05, 0.1) is 17.8 Å². The van der Waals surface area contributed by atoms with Crippen LogP contribution in [0.5, 0.6) is 0 Å². The Hall–Kier alpha value is -2.49. The van der Waals surface area contributed by atoms with E-state index in [-0.39, 0.29) is 6.42 Å². The van der Waals surface area contributed by atoms with Gasteiger partial charge in [-0.2, -0.15) is 0 Å². The standard InChI is InChI=1S/C18H20N2O2/c21-18(22)12-15-7-8-17-16(11-15)19-9-4-10-20(17)13-14-5-2-1-3-6-14/h1-3,5-8,11,19H,4,9-10,12-13H2,(H,21,22). The molecule has 1 heterocycles. The Morgan fingerprint density at radius 2 is 1.95 bits per heavy atom. The Kier molecular flexibility index (Phi) is 4.28. The summed E-state index contributed by atoms with van der Waals surface area (Å²) >= 11 is 0. The quantitative estimate of drug-likeness (QED) is 0.910. The van der Waals surface area contributed by atoms with Crippen molar-refractivity contribution in [1.82, 2.24) is 0 Å². The predicted molar refractivity (Wildman–Crippen MR) is 88.4 cm³/mol. The SMILES string of the molecule is O=C(O)Cc1ccc2c(c1)NCCCN2Cc1ccccc1. The number of nitrogens with zero attached hydrogens (tertiary/aromatic N) is 1. The van der Waals surface area contributed by atoms with Gasteiger partial charge >= 0.3 is 5.97 Å². The van der Waals surface area contributed by atoms with Gasteiger partial charge in [-0.25, -0.2) is 0 Å². The first-order valence-electron chi connectivity index (χ1n) is 7.60. The number of rotatable bonds is 4. The molecule has 4 heteroatoms. The van der Waals surface area contributed by atoms with Crippen LogP contribution in [0.15, 0.2) is 48.5 Å². The molecule has 0 aliphatic carbocycles. The van der Waals surface area contributed by atoms with E-state index in [0.29, 0.717) is 0 Å². The summed E-state index contributed by atoms with van der Waals surface area (Å²) in [5.41, 5.74) is 4.30. The van der Waals surface area contributed by atoms with Gasteiger partial charge in [-0.05, 0) is 29.7 Å². The van der Waals surface area contributed by atoms with Gasteiger partial charge in [-0.3, -0.25) is 4.79 Å². The molecule has 0 fully saturated rings. The number of benzene rings is 2. The molecule has 0 spiro atoms. The molecule has 0 saturated carbocycles. The molecule has 2 N–H and O–H groups in total. The highest BCUT2D eigenvalue weighted by molar-refractivity contribution is 5.75. The second kappa shape index (κ2) is 6.52. The fourth-order valence-corrected chi connectivity index (χ4v) is 2.87. The Balaban J connectivity index is 1.86. The van der Waals surface area contributed by atoms with Crippen molar-refractivity contribution < 1.29 is 9.90 Å². The maximum absolute atomic E-state index is 10.9. The third-order valence-electron chi connectivity index (χ3n) is 3.89. The molecule has 2 aromatic rings. The zero-order chi connectivity index (χ0) is 15.4. The average molecular weight is 296 g/mol. The summed E-state index contributed by atoms with van der Waals surface area (Å²) in [6.07, 6.45) is 1.13. The fourth-order valence-electron chi connectivity index (χ4n) is 2.87. The van der Waals surface area contributed by atoms with Gasteiger partial charge in [-0.1, -0.05) is 36.4 Å². The second-order valence-corrected chi connectivity index (χ2v) is 5.61. The van der Waals surface area contributed by atoms with E-state index in [4.69, 9.17) is 5.11 Å². The monoisotopic (exact) mass is 296 g/mol. The third-order valence-corrected chi connectivity index (χ3v) is 3.89. The summed E-state index contributed by atoms with van der Waals surface area (Å²) in [6.45, 7) is 2.77. The topological polar surface area (TPSA) is 52.6 Å². The van der Waals surface area contributed by atoms with Gasteiger partial charge < -0.3 is 15.3 Å². The first-order valence-corrected chi connectivity index (χ1v) is 7.60. The third kappa shape index (κ3) is 3.39. The zero-order valence-corrected chi connectivity index (χ0v) is 12.5. The molecule has 0 atom stereocenters. The zero-order valence-electron chi connectivity index (χ0n) is 12.5. The van der Waals surface area contributed by atoms with Crippen molar-refractivity contribution in [2.75, 3.05) is 23.3 Å². The summed E-state index contributed by atoms with van der Waals surface area (Å²) in [5.74, 6) is -0.797. The van der Waals surface area contributed by atoms with Crippen molar-refractivity contribution in [3.63, 3.8) is 0 Å². The van der Waals surface area contributed by atoms with Crippen LogP contribution in [0, 0.1) is 0 Å². The summed E-state index contributed by atoms with van der Waals surface area (Å²) in [6, 6.07) is 16.3. The Labute approximate surface area is 130 Å². The summed E-state index contributed by atoms with van der Waals surface area (Å²) in [5, 5.41) is 12.4. The maximum atomic E-state index is 10.9. The van der Waals surface area contributed by atoms with Crippen molar-refractivity contribution in [3.8, 4) is 0 Å². The highest BCUT2D eigenvalue weighted by Crippen LogP contribution is 2.30. The van der Waals surface area contributed by atoms with Crippen molar-refractivity contribution in [3.05, 3.63) is 59.7 Å². The van der Waals surface area contributed by atoms with E-state index < -0.39 is 5.97 Å². The summed E-state index contributed by atoms with van der Waals surface area (Å²) in [7, 11) is 0. The summed E-state index contributed by atoms with van der Waals surface area (Å²) in [4.78, 5) is 13.2. The van der Waals surface area contributed by atoms with E-state index in [0.717, 1.165) is 43.0 Å². The molecular weight excluding hydrogens is 276 g/mol. The Morgan fingerprint density at radius 3 is 2.73 bits per heavy atom. The molecule has 0 aromatic heterocycles. The average Bonchev–Trinajstić information content (AvgIpc) is 2.70. The first-order chi connectivity index (χ1) is 10.7. The van der Waals surface area contributed by atoms with Crippen molar-refractivity contribution in [2.45, 2.75) is 19.4 Å². The van der Waals surface area contributed by atoms with Crippen LogP contribution < -0.4 is 10.2 Å². The van der Waals surface area contributed by atoms with Crippen molar-refractivity contribution in [1.29, 1.82) is 0 Å². The largest absolute Gasteiger partial charge is 0.481 e. The van der Waals surface area contributed by atoms with Gasteiger partial charge in [0.15, 0.2) is 0 Å². The number of aliphatic carboxylic acids is 1. The first kappa shape index (κ1) is 14.4. The lowest BCUT2D eigenvalue weighted by molar-refractivity contribution is -0.136. The van der Waals surface area contributed by atoms with Gasteiger partial charge in [0, 0.05) is 19.6 Å².